The van der Waals surface area contributed by atoms with E-state index in [9.17, 15) is 9.59 Å². The lowest BCUT2D eigenvalue weighted by molar-refractivity contribution is -0.139. The Balaban J connectivity index is 3.96. The maximum absolute atomic E-state index is 11.3. The fraction of sp³-hybridized carbons (Fsp3) is 0.800. The van der Waals surface area contributed by atoms with E-state index in [-0.39, 0.29) is 6.04 Å². The largest absolute Gasteiger partial charge is 0.347 e. The van der Waals surface area contributed by atoms with Crippen molar-refractivity contribution >= 4 is 11.8 Å². The number of rotatable bonds is 5. The number of nitrogens with two attached hydrogens (primary N) is 1. The number of hydrogen-bond acceptors (Lipinski definition) is 3. The lowest BCUT2D eigenvalue weighted by atomic mass is 10.0. The second-order valence-corrected chi connectivity index (χ2v) is 3.69. The van der Waals surface area contributed by atoms with E-state index in [0.29, 0.717) is 19.0 Å². The van der Waals surface area contributed by atoms with Crippen molar-refractivity contribution in [2.45, 2.75) is 33.2 Å². The molecule has 88 valence electrons. The Morgan fingerprint density at radius 2 is 1.87 bits per heavy atom. The van der Waals surface area contributed by atoms with Crippen molar-refractivity contribution in [3.05, 3.63) is 0 Å². The molecule has 0 aromatic rings. The molecule has 0 heterocycles. The van der Waals surface area contributed by atoms with Crippen LogP contribution in [0.4, 0.5) is 0 Å². The van der Waals surface area contributed by atoms with E-state index < -0.39 is 11.8 Å². The molecule has 0 bridgehead atoms. The summed E-state index contributed by atoms with van der Waals surface area (Å²) in [6, 6.07) is 0.00567. The number of amides is 2. The first-order valence-corrected chi connectivity index (χ1v) is 5.31. The van der Waals surface area contributed by atoms with Gasteiger partial charge in [-0.1, -0.05) is 20.3 Å². The van der Waals surface area contributed by atoms with E-state index >= 15 is 0 Å². The molecule has 0 fully saturated rings. The zero-order chi connectivity index (χ0) is 11.8. The number of carbonyl (C=O) groups excluding carboxylic acids is 2. The second kappa shape index (κ2) is 7.23. The summed E-state index contributed by atoms with van der Waals surface area (Å²) in [6.07, 6.45) is 0.964. The van der Waals surface area contributed by atoms with Crippen molar-refractivity contribution in [1.29, 1.82) is 0 Å². The molecule has 0 saturated carbocycles. The fourth-order valence-corrected chi connectivity index (χ4v) is 1.03. The Hall–Kier alpha value is -1.10. The van der Waals surface area contributed by atoms with Gasteiger partial charge < -0.3 is 16.4 Å². The highest BCUT2D eigenvalue weighted by atomic mass is 16.2. The Kier molecular flexibility index (Phi) is 6.70. The third-order valence-electron chi connectivity index (χ3n) is 2.49. The fourth-order valence-electron chi connectivity index (χ4n) is 1.03. The zero-order valence-electron chi connectivity index (χ0n) is 9.67. The highest BCUT2D eigenvalue weighted by molar-refractivity contribution is 6.35. The average Bonchev–Trinajstić information content (AvgIpc) is 2.24. The maximum Gasteiger partial charge on any atom is 0.309 e. The van der Waals surface area contributed by atoms with Gasteiger partial charge in [0, 0.05) is 19.1 Å². The van der Waals surface area contributed by atoms with Gasteiger partial charge in [-0.3, -0.25) is 9.59 Å². The summed E-state index contributed by atoms with van der Waals surface area (Å²) in [5.41, 5.74) is 5.20. The van der Waals surface area contributed by atoms with Crippen molar-refractivity contribution < 1.29 is 9.59 Å². The Labute approximate surface area is 90.8 Å². The van der Waals surface area contributed by atoms with Crippen LogP contribution in [-0.4, -0.2) is 30.9 Å². The van der Waals surface area contributed by atoms with Gasteiger partial charge in [0.05, 0.1) is 0 Å². The van der Waals surface area contributed by atoms with E-state index in [4.69, 9.17) is 5.73 Å². The lowest BCUT2D eigenvalue weighted by Gasteiger charge is -2.19. The van der Waals surface area contributed by atoms with E-state index in [1.165, 1.54) is 0 Å². The molecule has 15 heavy (non-hydrogen) atoms. The molecule has 0 aromatic heterocycles. The van der Waals surface area contributed by atoms with Crippen LogP contribution in [0.2, 0.25) is 0 Å². The summed E-state index contributed by atoms with van der Waals surface area (Å²) in [5, 5.41) is 5.07. The molecule has 0 aliphatic carbocycles. The molecule has 0 saturated heterocycles. The van der Waals surface area contributed by atoms with E-state index in [2.05, 4.69) is 10.6 Å². The average molecular weight is 215 g/mol. The van der Waals surface area contributed by atoms with Crippen LogP contribution in [0.1, 0.15) is 27.2 Å². The van der Waals surface area contributed by atoms with Gasteiger partial charge in [-0.15, -0.1) is 0 Å². The van der Waals surface area contributed by atoms with Crippen molar-refractivity contribution in [2.24, 2.45) is 11.7 Å². The second-order valence-electron chi connectivity index (χ2n) is 3.69. The molecule has 0 aliphatic heterocycles. The molecular weight excluding hydrogens is 194 g/mol. The molecule has 0 radical (unpaired) electrons. The number of nitrogens with one attached hydrogen (secondary N) is 2. The highest BCUT2D eigenvalue weighted by Gasteiger charge is 2.18. The van der Waals surface area contributed by atoms with E-state index in [1.807, 2.05) is 20.8 Å². The van der Waals surface area contributed by atoms with Crippen molar-refractivity contribution in [3.63, 3.8) is 0 Å². The molecule has 4 N–H and O–H groups in total. The molecule has 2 unspecified atom stereocenters. The topological polar surface area (TPSA) is 84.2 Å². The van der Waals surface area contributed by atoms with Gasteiger partial charge >= 0.3 is 11.8 Å². The molecule has 2 atom stereocenters. The zero-order valence-corrected chi connectivity index (χ0v) is 9.67. The first-order chi connectivity index (χ1) is 7.02. The number of carbonyl (C=O) groups is 2. The lowest BCUT2D eigenvalue weighted by Crippen LogP contribution is -2.46. The molecule has 0 spiro atoms. The van der Waals surface area contributed by atoms with Gasteiger partial charge in [0.1, 0.15) is 0 Å². The van der Waals surface area contributed by atoms with Crippen LogP contribution in [0.3, 0.4) is 0 Å². The smallest absolute Gasteiger partial charge is 0.309 e. The third-order valence-corrected chi connectivity index (χ3v) is 2.49. The summed E-state index contributed by atoms with van der Waals surface area (Å²) in [5.74, 6) is -0.844. The van der Waals surface area contributed by atoms with Crippen molar-refractivity contribution in [3.8, 4) is 0 Å². The van der Waals surface area contributed by atoms with Crippen LogP contribution in [0.25, 0.3) is 0 Å². The van der Waals surface area contributed by atoms with Gasteiger partial charge in [0.15, 0.2) is 0 Å². The Morgan fingerprint density at radius 1 is 1.27 bits per heavy atom. The predicted octanol–water partition coefficient (Wildman–Crippen LogP) is -0.388. The molecular formula is C10H21N3O2. The number of hydrogen-bond donors (Lipinski definition) is 3. The highest BCUT2D eigenvalue weighted by Crippen LogP contribution is 2.05. The standard InChI is InChI=1S/C10H21N3O2/c1-4-7(2)8(3)13-10(15)9(14)12-6-5-11/h7-8H,4-6,11H2,1-3H3,(H,12,14)(H,13,15). The minimum atomic E-state index is -0.615. The van der Waals surface area contributed by atoms with Crippen molar-refractivity contribution in [1.82, 2.24) is 10.6 Å². The Morgan fingerprint density at radius 3 is 2.33 bits per heavy atom. The summed E-state index contributed by atoms with van der Waals surface area (Å²) >= 11 is 0. The molecule has 2 amide bonds. The molecule has 5 nitrogen and oxygen atoms in total. The van der Waals surface area contributed by atoms with Gasteiger partial charge in [0.25, 0.3) is 0 Å². The van der Waals surface area contributed by atoms with E-state index in [0.717, 1.165) is 6.42 Å². The van der Waals surface area contributed by atoms with Crippen LogP contribution < -0.4 is 16.4 Å². The SMILES string of the molecule is CCC(C)C(C)NC(=O)C(=O)NCCN. The predicted molar refractivity (Wildman–Crippen MR) is 59.1 cm³/mol. The van der Waals surface area contributed by atoms with Gasteiger partial charge in [0.2, 0.25) is 0 Å². The van der Waals surface area contributed by atoms with Crippen LogP contribution in [-0.2, 0) is 9.59 Å². The molecule has 0 aromatic carbocycles. The van der Waals surface area contributed by atoms with Crippen LogP contribution in [0, 0.1) is 5.92 Å². The van der Waals surface area contributed by atoms with Gasteiger partial charge in [-0.25, -0.2) is 0 Å². The van der Waals surface area contributed by atoms with Crippen LogP contribution >= 0.6 is 0 Å². The van der Waals surface area contributed by atoms with Crippen LogP contribution in [0.5, 0.6) is 0 Å². The quantitative estimate of drug-likeness (QED) is 0.546. The van der Waals surface area contributed by atoms with Gasteiger partial charge in [-0.05, 0) is 12.8 Å². The molecule has 5 heteroatoms. The third kappa shape index (κ3) is 5.37. The first kappa shape index (κ1) is 13.9. The van der Waals surface area contributed by atoms with Gasteiger partial charge in [-0.2, -0.15) is 0 Å². The van der Waals surface area contributed by atoms with Crippen molar-refractivity contribution in [2.75, 3.05) is 13.1 Å². The first-order valence-electron chi connectivity index (χ1n) is 5.31. The summed E-state index contributed by atoms with van der Waals surface area (Å²) in [7, 11) is 0. The molecule has 0 aliphatic rings. The monoisotopic (exact) mass is 215 g/mol. The normalized spacial score (nSPS) is 14.1. The Bertz CT molecular complexity index is 219. The summed E-state index contributed by atoms with van der Waals surface area (Å²) in [6.45, 7) is 6.62. The maximum atomic E-state index is 11.3. The molecule has 0 rings (SSSR count). The van der Waals surface area contributed by atoms with Crippen LogP contribution in [0.15, 0.2) is 0 Å². The summed E-state index contributed by atoms with van der Waals surface area (Å²) < 4.78 is 0. The summed E-state index contributed by atoms with van der Waals surface area (Å²) in [4.78, 5) is 22.5. The van der Waals surface area contributed by atoms with E-state index in [1.54, 1.807) is 0 Å². The minimum absolute atomic E-state index is 0.00567. The minimum Gasteiger partial charge on any atom is -0.347 e.